The fourth-order valence-corrected chi connectivity index (χ4v) is 4.70. The smallest absolute Gasteiger partial charge is 0.137 e. The van der Waals surface area contributed by atoms with Gasteiger partial charge >= 0.3 is 0 Å². The minimum atomic E-state index is 0.412. The molecule has 0 N–H and O–H groups in total. The lowest BCUT2D eigenvalue weighted by Gasteiger charge is -2.29. The zero-order valence-corrected chi connectivity index (χ0v) is 15.5. The van der Waals surface area contributed by atoms with Gasteiger partial charge < -0.3 is 0 Å². The summed E-state index contributed by atoms with van der Waals surface area (Å²) in [5.41, 5.74) is 4.28. The molecule has 0 aliphatic heterocycles. The van der Waals surface area contributed by atoms with Crippen molar-refractivity contribution in [3.63, 3.8) is 0 Å². The first-order valence-electron chi connectivity index (χ1n) is 10.4. The van der Waals surface area contributed by atoms with Crippen LogP contribution >= 0.6 is 0 Å². The summed E-state index contributed by atoms with van der Waals surface area (Å²) in [6.07, 6.45) is 16.5. The summed E-state index contributed by atoms with van der Waals surface area (Å²) in [4.78, 5) is 11.6. The van der Waals surface area contributed by atoms with Gasteiger partial charge in [-0.3, -0.25) is 4.79 Å². The van der Waals surface area contributed by atoms with Crippen LogP contribution in [0.1, 0.15) is 100 Å². The topological polar surface area (TPSA) is 17.1 Å². The standard InChI is InChI=1S/C23H34O/c1-2-3-4-5-6-7-18-8-10-19(11-9-18)20-12-13-22-17-23(24)15-14-21(22)16-20/h12-13,16,18-19H,2-11,14-15,17H2,1H3. The molecule has 0 atom stereocenters. The molecule has 0 heterocycles. The Morgan fingerprint density at radius 1 is 0.917 bits per heavy atom. The molecule has 132 valence electrons. The van der Waals surface area contributed by atoms with Gasteiger partial charge in [0.25, 0.3) is 0 Å². The molecule has 1 aromatic rings. The third-order valence-corrected chi connectivity index (χ3v) is 6.33. The first-order valence-corrected chi connectivity index (χ1v) is 10.4. The van der Waals surface area contributed by atoms with Gasteiger partial charge in [0.05, 0.1) is 0 Å². The van der Waals surface area contributed by atoms with Crippen molar-refractivity contribution in [2.75, 3.05) is 0 Å². The number of aryl methyl sites for hydroxylation is 1. The number of Topliss-reactive ketones (excluding diaryl/α,β-unsaturated/α-hetero) is 1. The quantitative estimate of drug-likeness (QED) is 0.531. The second-order valence-corrected chi connectivity index (χ2v) is 8.16. The van der Waals surface area contributed by atoms with E-state index in [0.29, 0.717) is 12.2 Å². The molecule has 1 saturated carbocycles. The molecule has 0 aromatic heterocycles. The van der Waals surface area contributed by atoms with E-state index in [-0.39, 0.29) is 0 Å². The fourth-order valence-electron chi connectivity index (χ4n) is 4.70. The second-order valence-electron chi connectivity index (χ2n) is 8.16. The average Bonchev–Trinajstić information content (AvgIpc) is 2.62. The Balaban J connectivity index is 1.46. The predicted molar refractivity (Wildman–Crippen MR) is 102 cm³/mol. The monoisotopic (exact) mass is 326 g/mol. The zero-order chi connectivity index (χ0) is 16.8. The molecule has 1 fully saturated rings. The van der Waals surface area contributed by atoms with Crippen molar-refractivity contribution >= 4 is 5.78 Å². The van der Waals surface area contributed by atoms with E-state index in [4.69, 9.17) is 0 Å². The molecule has 0 spiro atoms. The number of hydrogen-bond donors (Lipinski definition) is 0. The van der Waals surface area contributed by atoms with Crippen molar-refractivity contribution in [1.29, 1.82) is 0 Å². The van der Waals surface area contributed by atoms with Gasteiger partial charge in [0.2, 0.25) is 0 Å². The number of carbonyl (C=O) groups excluding carboxylic acids is 1. The highest BCUT2D eigenvalue weighted by molar-refractivity contribution is 5.83. The minimum Gasteiger partial charge on any atom is -0.299 e. The molecule has 2 aliphatic carbocycles. The Kier molecular flexibility index (Phi) is 6.51. The molecule has 0 radical (unpaired) electrons. The molecular formula is C23H34O. The number of hydrogen-bond acceptors (Lipinski definition) is 1. The molecule has 1 heteroatoms. The van der Waals surface area contributed by atoms with Crippen LogP contribution in [0.4, 0.5) is 0 Å². The fraction of sp³-hybridized carbons (Fsp3) is 0.696. The Morgan fingerprint density at radius 3 is 2.50 bits per heavy atom. The molecule has 0 bridgehead atoms. The van der Waals surface area contributed by atoms with Gasteiger partial charge in [0.1, 0.15) is 5.78 Å². The van der Waals surface area contributed by atoms with Crippen LogP contribution in [0.25, 0.3) is 0 Å². The van der Waals surface area contributed by atoms with E-state index in [0.717, 1.165) is 24.7 Å². The first-order chi connectivity index (χ1) is 11.8. The molecule has 24 heavy (non-hydrogen) atoms. The van der Waals surface area contributed by atoms with E-state index in [1.807, 2.05) is 0 Å². The molecular weight excluding hydrogens is 292 g/mol. The van der Waals surface area contributed by atoms with Crippen LogP contribution in [-0.4, -0.2) is 5.78 Å². The number of unbranched alkanes of at least 4 members (excludes halogenated alkanes) is 4. The van der Waals surface area contributed by atoms with Crippen LogP contribution < -0.4 is 0 Å². The number of rotatable bonds is 7. The van der Waals surface area contributed by atoms with Crippen LogP contribution in [0.2, 0.25) is 0 Å². The van der Waals surface area contributed by atoms with Gasteiger partial charge in [-0.25, -0.2) is 0 Å². The molecule has 1 aromatic carbocycles. The van der Waals surface area contributed by atoms with Crippen LogP contribution in [0.5, 0.6) is 0 Å². The highest BCUT2D eigenvalue weighted by atomic mass is 16.1. The van der Waals surface area contributed by atoms with Crippen LogP contribution in [0.15, 0.2) is 18.2 Å². The lowest BCUT2D eigenvalue weighted by atomic mass is 9.76. The number of carbonyl (C=O) groups is 1. The highest BCUT2D eigenvalue weighted by Gasteiger charge is 2.23. The van der Waals surface area contributed by atoms with Gasteiger partial charge in [-0.2, -0.15) is 0 Å². The first kappa shape index (κ1) is 17.7. The van der Waals surface area contributed by atoms with Gasteiger partial charge in [-0.15, -0.1) is 0 Å². The lowest BCUT2D eigenvalue weighted by Crippen LogP contribution is -2.16. The van der Waals surface area contributed by atoms with E-state index in [9.17, 15) is 4.79 Å². The maximum absolute atomic E-state index is 11.6. The summed E-state index contributed by atoms with van der Waals surface area (Å²) in [6, 6.07) is 6.98. The van der Waals surface area contributed by atoms with E-state index in [1.54, 1.807) is 5.56 Å². The van der Waals surface area contributed by atoms with E-state index in [2.05, 4.69) is 25.1 Å². The molecule has 0 unspecified atom stereocenters. The van der Waals surface area contributed by atoms with Crippen molar-refractivity contribution in [2.45, 2.75) is 96.3 Å². The van der Waals surface area contributed by atoms with E-state index >= 15 is 0 Å². The molecule has 3 rings (SSSR count). The summed E-state index contributed by atoms with van der Waals surface area (Å²) < 4.78 is 0. The van der Waals surface area contributed by atoms with Crippen molar-refractivity contribution < 1.29 is 4.79 Å². The van der Waals surface area contributed by atoms with E-state index in [1.165, 1.54) is 75.3 Å². The Labute approximate surface area is 148 Å². The molecule has 0 saturated heterocycles. The van der Waals surface area contributed by atoms with Gasteiger partial charge in [0.15, 0.2) is 0 Å². The summed E-state index contributed by atoms with van der Waals surface area (Å²) in [5, 5.41) is 0. The maximum Gasteiger partial charge on any atom is 0.137 e. The Bertz CT molecular complexity index is 537. The molecule has 0 amide bonds. The lowest BCUT2D eigenvalue weighted by molar-refractivity contribution is -0.118. The third kappa shape index (κ3) is 4.71. The van der Waals surface area contributed by atoms with Crippen molar-refractivity contribution in [1.82, 2.24) is 0 Å². The summed E-state index contributed by atoms with van der Waals surface area (Å²) in [5.74, 6) is 2.16. The largest absolute Gasteiger partial charge is 0.299 e. The van der Waals surface area contributed by atoms with E-state index < -0.39 is 0 Å². The van der Waals surface area contributed by atoms with Gasteiger partial charge in [-0.1, -0.05) is 63.6 Å². The third-order valence-electron chi connectivity index (χ3n) is 6.33. The van der Waals surface area contributed by atoms with Crippen LogP contribution in [0.3, 0.4) is 0 Å². The summed E-state index contributed by atoms with van der Waals surface area (Å²) >= 11 is 0. The number of benzene rings is 1. The van der Waals surface area contributed by atoms with Gasteiger partial charge in [0, 0.05) is 12.8 Å². The highest BCUT2D eigenvalue weighted by Crippen LogP contribution is 2.38. The van der Waals surface area contributed by atoms with Crippen molar-refractivity contribution in [3.8, 4) is 0 Å². The zero-order valence-electron chi connectivity index (χ0n) is 15.5. The Hall–Kier alpha value is -1.11. The predicted octanol–water partition coefficient (Wildman–Crippen LogP) is 6.38. The Morgan fingerprint density at radius 2 is 1.71 bits per heavy atom. The number of ketones is 1. The van der Waals surface area contributed by atoms with Gasteiger partial charge in [-0.05, 0) is 60.6 Å². The van der Waals surface area contributed by atoms with Crippen LogP contribution in [0, 0.1) is 5.92 Å². The summed E-state index contributed by atoms with van der Waals surface area (Å²) in [6.45, 7) is 2.29. The second kappa shape index (κ2) is 8.83. The summed E-state index contributed by atoms with van der Waals surface area (Å²) in [7, 11) is 0. The van der Waals surface area contributed by atoms with Crippen LogP contribution in [-0.2, 0) is 17.6 Å². The van der Waals surface area contributed by atoms with Crippen molar-refractivity contribution in [3.05, 3.63) is 34.9 Å². The number of fused-ring (bicyclic) bond motifs is 1. The van der Waals surface area contributed by atoms with Crippen molar-refractivity contribution in [2.24, 2.45) is 5.92 Å². The molecule has 1 nitrogen and oxygen atoms in total. The SMILES string of the molecule is CCCCCCCC1CCC(c2ccc3c(c2)CCC(=O)C3)CC1. The molecule has 2 aliphatic rings. The normalized spacial score (nSPS) is 24.0. The minimum absolute atomic E-state index is 0.412. The maximum atomic E-state index is 11.6. The average molecular weight is 327 g/mol.